The van der Waals surface area contributed by atoms with Crippen molar-refractivity contribution >= 4 is 10.8 Å². The molecule has 0 saturated carbocycles. The summed E-state index contributed by atoms with van der Waals surface area (Å²) in [5.41, 5.74) is 5.25. The van der Waals surface area contributed by atoms with Gasteiger partial charge in [-0.3, -0.25) is 0 Å². The van der Waals surface area contributed by atoms with E-state index < -0.39 is 0 Å². The molecule has 1 heterocycles. The minimum absolute atomic E-state index is 0.665. The Morgan fingerprint density at radius 3 is 1.26 bits per heavy atom. The van der Waals surface area contributed by atoms with Crippen LogP contribution in [0.5, 0.6) is 0 Å². The van der Waals surface area contributed by atoms with Crippen LogP contribution in [0.15, 0.2) is 127 Å². The summed E-state index contributed by atoms with van der Waals surface area (Å²) in [4.78, 5) is 14.4. The van der Waals surface area contributed by atoms with Gasteiger partial charge in [0.05, 0.1) is 0 Å². The molecule has 0 unspecified atom stereocenters. The third-order valence-corrected chi connectivity index (χ3v) is 5.93. The molecule has 1 aromatic heterocycles. The smallest absolute Gasteiger partial charge is 0.164 e. The van der Waals surface area contributed by atoms with Crippen LogP contribution < -0.4 is 0 Å². The van der Waals surface area contributed by atoms with Crippen molar-refractivity contribution in [3.63, 3.8) is 0 Å². The van der Waals surface area contributed by atoms with Gasteiger partial charge in [-0.2, -0.15) is 0 Å². The van der Waals surface area contributed by atoms with Crippen LogP contribution in [-0.4, -0.2) is 15.0 Å². The normalized spacial score (nSPS) is 10.9. The number of benzene rings is 5. The Kier molecular flexibility index (Phi) is 5.13. The van der Waals surface area contributed by atoms with Crippen molar-refractivity contribution in [1.82, 2.24) is 15.0 Å². The standard InChI is InChI=1S/C31H21N3/c1-3-10-24(11-4-1)29-32-30(25-12-5-2-6-13-25)34-31(33-29)26-18-15-23(16-19-26)28-20-17-22-9-7-8-14-27(22)21-28/h1-21H. The van der Waals surface area contributed by atoms with E-state index >= 15 is 0 Å². The second-order valence-electron chi connectivity index (χ2n) is 8.18. The lowest BCUT2D eigenvalue weighted by Gasteiger charge is -2.09. The molecule has 0 radical (unpaired) electrons. The molecule has 6 aromatic rings. The lowest BCUT2D eigenvalue weighted by atomic mass is 10.00. The van der Waals surface area contributed by atoms with Crippen LogP contribution in [0.2, 0.25) is 0 Å². The highest BCUT2D eigenvalue weighted by atomic mass is 15.0. The molecule has 0 saturated heterocycles. The maximum Gasteiger partial charge on any atom is 0.164 e. The van der Waals surface area contributed by atoms with Crippen LogP contribution in [0, 0.1) is 0 Å². The molecular formula is C31H21N3. The predicted molar refractivity (Wildman–Crippen MR) is 139 cm³/mol. The third-order valence-electron chi connectivity index (χ3n) is 5.93. The summed E-state index contributed by atoms with van der Waals surface area (Å²) in [6, 6.07) is 43.5. The fourth-order valence-corrected chi connectivity index (χ4v) is 4.12. The SMILES string of the molecule is c1ccc(-c2nc(-c3ccccc3)nc(-c3ccc(-c4ccc5ccccc5c4)cc3)n2)cc1. The second-order valence-corrected chi connectivity index (χ2v) is 8.18. The summed E-state index contributed by atoms with van der Waals surface area (Å²) >= 11 is 0. The minimum Gasteiger partial charge on any atom is -0.208 e. The Bertz CT molecular complexity index is 1520. The van der Waals surface area contributed by atoms with Crippen LogP contribution in [0.25, 0.3) is 56.1 Å². The molecule has 3 heteroatoms. The fraction of sp³-hybridized carbons (Fsp3) is 0. The van der Waals surface area contributed by atoms with Gasteiger partial charge in [-0.1, -0.05) is 121 Å². The Morgan fingerprint density at radius 2 is 0.706 bits per heavy atom. The van der Waals surface area contributed by atoms with Gasteiger partial charge in [0.25, 0.3) is 0 Å². The predicted octanol–water partition coefficient (Wildman–Crippen LogP) is 7.69. The first-order valence-electron chi connectivity index (χ1n) is 11.3. The largest absolute Gasteiger partial charge is 0.208 e. The maximum absolute atomic E-state index is 4.82. The highest BCUT2D eigenvalue weighted by Gasteiger charge is 2.12. The Morgan fingerprint density at radius 1 is 0.294 bits per heavy atom. The zero-order valence-electron chi connectivity index (χ0n) is 18.5. The van der Waals surface area contributed by atoms with Gasteiger partial charge in [0.1, 0.15) is 0 Å². The molecular weight excluding hydrogens is 414 g/mol. The molecule has 0 aliphatic heterocycles. The van der Waals surface area contributed by atoms with Gasteiger partial charge in [-0.15, -0.1) is 0 Å². The molecule has 0 amide bonds. The lowest BCUT2D eigenvalue weighted by molar-refractivity contribution is 1.07. The lowest BCUT2D eigenvalue weighted by Crippen LogP contribution is -2.00. The van der Waals surface area contributed by atoms with Crippen molar-refractivity contribution in [2.24, 2.45) is 0 Å². The first-order chi connectivity index (χ1) is 16.8. The zero-order valence-corrected chi connectivity index (χ0v) is 18.5. The molecule has 6 rings (SSSR count). The number of aromatic nitrogens is 3. The molecule has 0 atom stereocenters. The highest BCUT2D eigenvalue weighted by Crippen LogP contribution is 2.28. The Hall–Kier alpha value is -4.63. The van der Waals surface area contributed by atoms with E-state index in [0.717, 1.165) is 22.3 Å². The summed E-state index contributed by atoms with van der Waals surface area (Å²) in [7, 11) is 0. The Balaban J connectivity index is 1.42. The van der Waals surface area contributed by atoms with Gasteiger partial charge in [0.2, 0.25) is 0 Å². The van der Waals surface area contributed by atoms with Crippen LogP contribution >= 0.6 is 0 Å². The van der Waals surface area contributed by atoms with Crippen LogP contribution in [0.1, 0.15) is 0 Å². The van der Waals surface area contributed by atoms with Crippen molar-refractivity contribution in [3.8, 4) is 45.3 Å². The van der Waals surface area contributed by atoms with E-state index in [0.29, 0.717) is 17.5 Å². The molecule has 5 aromatic carbocycles. The molecule has 0 aliphatic carbocycles. The van der Waals surface area contributed by atoms with Crippen LogP contribution in [0.4, 0.5) is 0 Å². The molecule has 0 N–H and O–H groups in total. The van der Waals surface area contributed by atoms with Gasteiger partial charge in [-0.05, 0) is 28.0 Å². The fourth-order valence-electron chi connectivity index (χ4n) is 4.12. The van der Waals surface area contributed by atoms with Gasteiger partial charge in [0.15, 0.2) is 17.5 Å². The molecule has 0 fully saturated rings. The minimum atomic E-state index is 0.665. The number of nitrogens with zero attached hydrogens (tertiary/aromatic N) is 3. The summed E-state index contributed by atoms with van der Waals surface area (Å²) in [5, 5.41) is 2.48. The molecule has 0 aliphatic rings. The Labute approximate surface area is 198 Å². The summed E-state index contributed by atoms with van der Waals surface area (Å²) in [6.45, 7) is 0. The summed E-state index contributed by atoms with van der Waals surface area (Å²) in [6.07, 6.45) is 0. The highest BCUT2D eigenvalue weighted by molar-refractivity contribution is 5.87. The number of rotatable bonds is 4. The van der Waals surface area contributed by atoms with E-state index in [4.69, 9.17) is 15.0 Å². The molecule has 3 nitrogen and oxygen atoms in total. The molecule has 34 heavy (non-hydrogen) atoms. The van der Waals surface area contributed by atoms with E-state index in [-0.39, 0.29) is 0 Å². The zero-order chi connectivity index (χ0) is 22.7. The topological polar surface area (TPSA) is 38.7 Å². The molecule has 160 valence electrons. The summed E-state index contributed by atoms with van der Waals surface area (Å²) in [5.74, 6) is 2.00. The van der Waals surface area contributed by atoms with Crippen molar-refractivity contribution in [2.75, 3.05) is 0 Å². The third kappa shape index (κ3) is 3.96. The maximum atomic E-state index is 4.82. The van der Waals surface area contributed by atoms with E-state index in [2.05, 4.69) is 66.7 Å². The summed E-state index contributed by atoms with van der Waals surface area (Å²) < 4.78 is 0. The monoisotopic (exact) mass is 435 g/mol. The van der Waals surface area contributed by atoms with Crippen LogP contribution in [0.3, 0.4) is 0 Å². The number of fused-ring (bicyclic) bond motifs is 1. The number of hydrogen-bond acceptors (Lipinski definition) is 3. The average Bonchev–Trinajstić information content (AvgIpc) is 2.93. The van der Waals surface area contributed by atoms with E-state index in [1.54, 1.807) is 0 Å². The molecule has 0 spiro atoms. The first kappa shape index (κ1) is 20.0. The number of hydrogen-bond donors (Lipinski definition) is 0. The van der Waals surface area contributed by atoms with Gasteiger partial charge < -0.3 is 0 Å². The van der Waals surface area contributed by atoms with Crippen molar-refractivity contribution in [3.05, 3.63) is 127 Å². The second kappa shape index (κ2) is 8.72. The van der Waals surface area contributed by atoms with Gasteiger partial charge in [0, 0.05) is 16.7 Å². The molecule has 0 bridgehead atoms. The average molecular weight is 436 g/mol. The van der Waals surface area contributed by atoms with E-state index in [1.807, 2.05) is 60.7 Å². The quantitative estimate of drug-likeness (QED) is 0.285. The van der Waals surface area contributed by atoms with E-state index in [9.17, 15) is 0 Å². The van der Waals surface area contributed by atoms with Crippen LogP contribution in [-0.2, 0) is 0 Å². The van der Waals surface area contributed by atoms with E-state index in [1.165, 1.54) is 16.3 Å². The van der Waals surface area contributed by atoms with Crippen molar-refractivity contribution < 1.29 is 0 Å². The first-order valence-corrected chi connectivity index (χ1v) is 11.3. The van der Waals surface area contributed by atoms with Gasteiger partial charge >= 0.3 is 0 Å². The van der Waals surface area contributed by atoms with Gasteiger partial charge in [-0.25, -0.2) is 15.0 Å². The van der Waals surface area contributed by atoms with Crippen molar-refractivity contribution in [2.45, 2.75) is 0 Å². The van der Waals surface area contributed by atoms with Crippen molar-refractivity contribution in [1.29, 1.82) is 0 Å².